The number of rotatable bonds is 7. The van der Waals surface area contributed by atoms with Crippen LogP contribution in [0.15, 0.2) is 0 Å². The second-order valence-electron chi connectivity index (χ2n) is 9.21. The van der Waals surface area contributed by atoms with E-state index in [0.717, 1.165) is 12.8 Å². The van der Waals surface area contributed by atoms with Crippen molar-refractivity contribution in [1.82, 2.24) is 10.6 Å². The number of ether oxygens (including phenoxy) is 1. The predicted molar refractivity (Wildman–Crippen MR) is 109 cm³/mol. The van der Waals surface area contributed by atoms with Gasteiger partial charge in [-0.3, -0.25) is 4.79 Å². The van der Waals surface area contributed by atoms with E-state index in [0.29, 0.717) is 25.3 Å². The number of thioether (sulfide) groups is 1. The Hall–Kier alpha value is -0.450. The summed E-state index contributed by atoms with van der Waals surface area (Å²) in [7, 11) is 0. The SMILES string of the molecule is CS[C@H]1OC([C@H](NC(=O)[C@@H]2CC(F)(CC3CC3)CCN2)C(C)C)[C@H](O)[C@H](O)[C@H]1O. The second-order valence-corrected chi connectivity index (χ2v) is 10.2. The minimum atomic E-state index is -1.37. The largest absolute Gasteiger partial charge is 0.388 e. The number of aliphatic hydroxyl groups is 3. The molecule has 0 radical (unpaired) electrons. The van der Waals surface area contributed by atoms with Gasteiger partial charge in [-0.25, -0.2) is 4.39 Å². The van der Waals surface area contributed by atoms with Crippen molar-refractivity contribution in [3.63, 3.8) is 0 Å². The average Bonchev–Trinajstić information content (AvgIpc) is 3.48. The lowest BCUT2D eigenvalue weighted by Crippen LogP contribution is -2.65. The Morgan fingerprint density at radius 3 is 2.55 bits per heavy atom. The molecular formula is C20H35FN2O5S. The molecular weight excluding hydrogens is 399 g/mol. The Kier molecular flexibility index (Phi) is 7.49. The molecule has 3 aliphatic rings. The molecule has 29 heavy (non-hydrogen) atoms. The lowest BCUT2D eigenvalue weighted by atomic mass is 9.84. The maximum atomic E-state index is 15.2. The third-order valence-corrected chi connectivity index (χ3v) is 7.28. The zero-order valence-corrected chi connectivity index (χ0v) is 18.2. The molecule has 2 aliphatic heterocycles. The quantitative estimate of drug-likeness (QED) is 0.398. The van der Waals surface area contributed by atoms with Gasteiger partial charge in [0.1, 0.15) is 35.5 Å². The molecule has 7 nitrogen and oxygen atoms in total. The standard InChI is InChI=1S/C20H35FN2O5S/c1-10(2)13(17-15(25)14(24)16(26)19(28-17)29-3)23-18(27)12-9-20(21,6-7-22-12)8-11-4-5-11/h10-17,19,22,24-26H,4-9H2,1-3H3,(H,23,27)/t12-,13+,14-,15+,16+,17?,19+,20?/m0/s1. The van der Waals surface area contributed by atoms with Crippen molar-refractivity contribution in [1.29, 1.82) is 0 Å². The number of nitrogens with one attached hydrogen (secondary N) is 2. The summed E-state index contributed by atoms with van der Waals surface area (Å²) < 4.78 is 21.1. The molecule has 0 aromatic rings. The molecule has 2 unspecified atom stereocenters. The Bertz CT molecular complexity index is 579. The molecule has 168 valence electrons. The van der Waals surface area contributed by atoms with E-state index < -0.39 is 47.6 Å². The highest BCUT2D eigenvalue weighted by Gasteiger charge is 2.48. The summed E-state index contributed by atoms with van der Waals surface area (Å²) in [6.45, 7) is 4.22. The minimum absolute atomic E-state index is 0.103. The highest BCUT2D eigenvalue weighted by atomic mass is 32.2. The fourth-order valence-corrected chi connectivity index (χ4v) is 5.16. The highest BCUT2D eigenvalue weighted by molar-refractivity contribution is 7.99. The summed E-state index contributed by atoms with van der Waals surface area (Å²) in [5.74, 6) is 0.0273. The van der Waals surface area contributed by atoms with Crippen LogP contribution in [0.4, 0.5) is 4.39 Å². The van der Waals surface area contributed by atoms with Gasteiger partial charge in [-0.15, -0.1) is 11.8 Å². The van der Waals surface area contributed by atoms with E-state index >= 15 is 4.39 Å². The molecule has 0 aromatic heterocycles. The molecule has 0 bridgehead atoms. The van der Waals surface area contributed by atoms with Gasteiger partial charge in [-0.2, -0.15) is 0 Å². The number of piperidine rings is 1. The molecule has 2 saturated heterocycles. The van der Waals surface area contributed by atoms with E-state index in [-0.39, 0.29) is 18.2 Å². The molecule has 5 N–H and O–H groups in total. The first-order valence-electron chi connectivity index (χ1n) is 10.6. The van der Waals surface area contributed by atoms with Gasteiger partial charge in [0.05, 0.1) is 12.1 Å². The first-order valence-corrected chi connectivity index (χ1v) is 11.9. The normalized spacial score (nSPS) is 41.9. The van der Waals surface area contributed by atoms with Crippen LogP contribution >= 0.6 is 11.8 Å². The molecule has 9 heteroatoms. The molecule has 8 atom stereocenters. The van der Waals surface area contributed by atoms with E-state index in [9.17, 15) is 20.1 Å². The van der Waals surface area contributed by atoms with Crippen LogP contribution in [-0.2, 0) is 9.53 Å². The molecule has 1 amide bonds. The lowest BCUT2D eigenvalue weighted by Gasteiger charge is -2.44. The van der Waals surface area contributed by atoms with Crippen LogP contribution in [0.3, 0.4) is 0 Å². The van der Waals surface area contributed by atoms with Crippen LogP contribution in [0.25, 0.3) is 0 Å². The molecule has 0 spiro atoms. The number of halogens is 1. The maximum Gasteiger partial charge on any atom is 0.237 e. The van der Waals surface area contributed by atoms with Crippen molar-refractivity contribution in [2.75, 3.05) is 12.8 Å². The van der Waals surface area contributed by atoms with Crippen LogP contribution in [0, 0.1) is 11.8 Å². The Morgan fingerprint density at radius 1 is 1.28 bits per heavy atom. The summed E-state index contributed by atoms with van der Waals surface area (Å²) >= 11 is 1.23. The monoisotopic (exact) mass is 434 g/mol. The first kappa shape index (κ1) is 23.2. The second kappa shape index (κ2) is 9.36. The molecule has 1 aliphatic carbocycles. The van der Waals surface area contributed by atoms with Gasteiger partial charge in [0.15, 0.2) is 0 Å². The minimum Gasteiger partial charge on any atom is -0.388 e. The number of amides is 1. The lowest BCUT2D eigenvalue weighted by molar-refractivity contribution is -0.208. The molecule has 3 fully saturated rings. The molecule has 3 rings (SSSR count). The van der Waals surface area contributed by atoms with Crippen molar-refractivity contribution < 1.29 is 29.2 Å². The van der Waals surface area contributed by atoms with Crippen molar-refractivity contribution in [2.45, 2.75) is 93.6 Å². The van der Waals surface area contributed by atoms with E-state index in [1.54, 1.807) is 6.26 Å². The zero-order chi connectivity index (χ0) is 21.3. The van der Waals surface area contributed by atoms with Gasteiger partial charge in [0.25, 0.3) is 0 Å². The molecule has 1 saturated carbocycles. The van der Waals surface area contributed by atoms with Gasteiger partial charge in [-0.1, -0.05) is 26.7 Å². The van der Waals surface area contributed by atoms with E-state index in [2.05, 4.69) is 10.6 Å². The topological polar surface area (TPSA) is 111 Å². The van der Waals surface area contributed by atoms with Gasteiger partial charge < -0.3 is 30.7 Å². The van der Waals surface area contributed by atoms with E-state index in [1.807, 2.05) is 13.8 Å². The molecule has 2 heterocycles. The maximum absolute atomic E-state index is 15.2. The number of aliphatic hydroxyl groups excluding tert-OH is 3. The highest BCUT2D eigenvalue weighted by Crippen LogP contribution is 2.42. The van der Waals surface area contributed by atoms with Crippen LogP contribution in [0.5, 0.6) is 0 Å². The molecule has 0 aromatic carbocycles. The van der Waals surface area contributed by atoms with Crippen LogP contribution in [0.1, 0.15) is 46.0 Å². The van der Waals surface area contributed by atoms with Crippen LogP contribution in [-0.4, -0.2) is 81.6 Å². The van der Waals surface area contributed by atoms with Gasteiger partial charge in [0, 0.05) is 6.42 Å². The third kappa shape index (κ3) is 5.43. The average molecular weight is 435 g/mol. The Labute approximate surface area is 176 Å². The predicted octanol–water partition coefficient (Wildman–Crippen LogP) is 0.558. The fourth-order valence-electron chi connectivity index (χ4n) is 4.48. The van der Waals surface area contributed by atoms with Gasteiger partial charge >= 0.3 is 0 Å². The summed E-state index contributed by atoms with van der Waals surface area (Å²) in [6.07, 6.45) is 0.189. The summed E-state index contributed by atoms with van der Waals surface area (Å²) in [4.78, 5) is 13.0. The van der Waals surface area contributed by atoms with Gasteiger partial charge in [0.2, 0.25) is 5.91 Å². The van der Waals surface area contributed by atoms with Crippen molar-refractivity contribution in [3.8, 4) is 0 Å². The van der Waals surface area contributed by atoms with Crippen molar-refractivity contribution in [2.24, 2.45) is 11.8 Å². The van der Waals surface area contributed by atoms with Crippen molar-refractivity contribution >= 4 is 17.7 Å². The number of carbonyl (C=O) groups excluding carboxylic acids is 1. The van der Waals surface area contributed by atoms with Crippen LogP contribution < -0.4 is 10.6 Å². The third-order valence-electron chi connectivity index (χ3n) is 6.42. The van der Waals surface area contributed by atoms with E-state index in [4.69, 9.17) is 4.74 Å². The van der Waals surface area contributed by atoms with E-state index in [1.165, 1.54) is 11.8 Å². The zero-order valence-electron chi connectivity index (χ0n) is 17.4. The number of hydrogen-bond donors (Lipinski definition) is 5. The summed E-state index contributed by atoms with van der Waals surface area (Å²) in [5, 5.41) is 36.8. The van der Waals surface area contributed by atoms with Gasteiger partial charge in [-0.05, 0) is 37.5 Å². The number of alkyl halides is 1. The smallest absolute Gasteiger partial charge is 0.237 e. The van der Waals surface area contributed by atoms with Crippen molar-refractivity contribution in [3.05, 3.63) is 0 Å². The fraction of sp³-hybridized carbons (Fsp3) is 0.950. The summed E-state index contributed by atoms with van der Waals surface area (Å²) in [6, 6.07) is -1.23. The Balaban J connectivity index is 1.67. The Morgan fingerprint density at radius 2 is 1.97 bits per heavy atom. The summed E-state index contributed by atoms with van der Waals surface area (Å²) in [5.41, 5.74) is -2.02. The number of carbonyl (C=O) groups is 1. The van der Waals surface area contributed by atoms with Crippen LogP contribution in [0.2, 0.25) is 0 Å². The number of hydrogen-bond acceptors (Lipinski definition) is 7. The first-order chi connectivity index (χ1) is 13.6.